The molecular weight excluding hydrogens is 283 g/mol. The SMILES string of the molecule is COCCn1cc(C)nc1Nc1ccc(C(F)(F)F)cc1. The molecule has 0 atom stereocenters. The van der Waals surface area contributed by atoms with Crippen molar-refractivity contribution in [2.75, 3.05) is 19.0 Å². The van der Waals surface area contributed by atoms with E-state index in [2.05, 4.69) is 10.3 Å². The first-order valence-corrected chi connectivity index (χ1v) is 6.37. The molecule has 0 saturated carbocycles. The van der Waals surface area contributed by atoms with Gasteiger partial charge in [0.1, 0.15) is 0 Å². The second-order valence-corrected chi connectivity index (χ2v) is 4.59. The number of nitrogens with one attached hydrogen (secondary N) is 1. The lowest BCUT2D eigenvalue weighted by Crippen LogP contribution is -2.08. The van der Waals surface area contributed by atoms with Crippen LogP contribution in [0.15, 0.2) is 30.5 Å². The van der Waals surface area contributed by atoms with Crippen molar-refractivity contribution in [1.82, 2.24) is 9.55 Å². The average molecular weight is 299 g/mol. The molecule has 0 bridgehead atoms. The van der Waals surface area contributed by atoms with Gasteiger partial charge in [0.25, 0.3) is 0 Å². The smallest absolute Gasteiger partial charge is 0.383 e. The summed E-state index contributed by atoms with van der Waals surface area (Å²) in [6.07, 6.45) is -2.47. The Morgan fingerprint density at radius 1 is 1.24 bits per heavy atom. The maximum atomic E-state index is 12.5. The normalized spacial score (nSPS) is 11.7. The number of ether oxygens (including phenoxy) is 1. The molecule has 1 heterocycles. The molecule has 1 aromatic heterocycles. The number of hydrogen-bond donors (Lipinski definition) is 1. The van der Waals surface area contributed by atoms with Crippen LogP contribution in [-0.2, 0) is 17.5 Å². The summed E-state index contributed by atoms with van der Waals surface area (Å²) in [5.41, 5.74) is 0.694. The number of halogens is 3. The van der Waals surface area contributed by atoms with Gasteiger partial charge >= 0.3 is 6.18 Å². The predicted molar refractivity (Wildman–Crippen MR) is 73.6 cm³/mol. The Morgan fingerprint density at radius 3 is 2.48 bits per heavy atom. The van der Waals surface area contributed by atoms with Crippen molar-refractivity contribution in [2.45, 2.75) is 19.6 Å². The van der Waals surface area contributed by atoms with Crippen LogP contribution in [0.5, 0.6) is 0 Å². The second-order valence-electron chi connectivity index (χ2n) is 4.59. The van der Waals surface area contributed by atoms with E-state index in [1.165, 1.54) is 12.1 Å². The molecule has 21 heavy (non-hydrogen) atoms. The predicted octanol–water partition coefficient (Wildman–Crippen LogP) is 3.60. The molecule has 0 fully saturated rings. The Labute approximate surface area is 120 Å². The highest BCUT2D eigenvalue weighted by molar-refractivity contribution is 5.54. The van der Waals surface area contributed by atoms with Gasteiger partial charge in [0.2, 0.25) is 5.95 Å². The summed E-state index contributed by atoms with van der Waals surface area (Å²) in [7, 11) is 1.60. The molecule has 0 aliphatic heterocycles. The average Bonchev–Trinajstić information content (AvgIpc) is 2.76. The molecule has 4 nitrogen and oxygen atoms in total. The molecule has 7 heteroatoms. The van der Waals surface area contributed by atoms with Crippen LogP contribution in [0.1, 0.15) is 11.3 Å². The summed E-state index contributed by atoms with van der Waals surface area (Å²) in [4.78, 5) is 4.30. The number of benzene rings is 1. The summed E-state index contributed by atoms with van der Waals surface area (Å²) in [5.74, 6) is 0.573. The molecular formula is C14H16F3N3O. The van der Waals surface area contributed by atoms with Crippen molar-refractivity contribution in [3.63, 3.8) is 0 Å². The van der Waals surface area contributed by atoms with E-state index in [1.54, 1.807) is 7.11 Å². The van der Waals surface area contributed by atoms with E-state index in [-0.39, 0.29) is 0 Å². The fourth-order valence-corrected chi connectivity index (χ4v) is 1.88. The number of nitrogens with zero attached hydrogens (tertiary/aromatic N) is 2. The highest BCUT2D eigenvalue weighted by Crippen LogP contribution is 2.30. The lowest BCUT2D eigenvalue weighted by atomic mass is 10.2. The quantitative estimate of drug-likeness (QED) is 0.917. The molecule has 0 amide bonds. The molecule has 0 aliphatic carbocycles. The number of methoxy groups -OCH3 is 1. The number of rotatable bonds is 5. The Kier molecular flexibility index (Phi) is 4.52. The van der Waals surface area contributed by atoms with Gasteiger partial charge in [-0.05, 0) is 31.2 Å². The van der Waals surface area contributed by atoms with Crippen molar-refractivity contribution in [3.8, 4) is 0 Å². The number of aryl methyl sites for hydroxylation is 1. The number of imidazole rings is 1. The van der Waals surface area contributed by atoms with Gasteiger partial charge < -0.3 is 14.6 Å². The molecule has 114 valence electrons. The largest absolute Gasteiger partial charge is 0.416 e. The highest BCUT2D eigenvalue weighted by atomic mass is 19.4. The van der Waals surface area contributed by atoms with Crippen molar-refractivity contribution >= 4 is 11.6 Å². The molecule has 0 unspecified atom stereocenters. The summed E-state index contributed by atoms with van der Waals surface area (Å²) in [6.45, 7) is 2.99. The Bertz CT molecular complexity index is 591. The fourth-order valence-electron chi connectivity index (χ4n) is 1.88. The molecule has 0 radical (unpaired) electrons. The maximum absolute atomic E-state index is 12.5. The summed E-state index contributed by atoms with van der Waals surface area (Å²) in [5, 5.41) is 3.01. The zero-order valence-electron chi connectivity index (χ0n) is 11.7. The van der Waals surface area contributed by atoms with Crippen molar-refractivity contribution in [3.05, 3.63) is 41.7 Å². The zero-order valence-corrected chi connectivity index (χ0v) is 11.7. The van der Waals surface area contributed by atoms with E-state index in [0.717, 1.165) is 17.8 Å². The molecule has 0 aliphatic rings. The first-order chi connectivity index (χ1) is 9.90. The van der Waals surface area contributed by atoms with Crippen LogP contribution in [0.4, 0.5) is 24.8 Å². The van der Waals surface area contributed by atoms with E-state index in [1.807, 2.05) is 17.7 Å². The lowest BCUT2D eigenvalue weighted by Gasteiger charge is -2.11. The standard InChI is InChI=1S/C14H16F3N3O/c1-10-9-20(7-8-21-2)13(18-10)19-12-5-3-11(4-6-12)14(15,16)17/h3-6,9H,7-8H2,1-2H3,(H,18,19). The van der Waals surface area contributed by atoms with Crippen LogP contribution in [0, 0.1) is 6.92 Å². The van der Waals surface area contributed by atoms with Crippen LogP contribution in [0.3, 0.4) is 0 Å². The van der Waals surface area contributed by atoms with E-state index in [4.69, 9.17) is 4.74 Å². The van der Waals surface area contributed by atoms with Gasteiger partial charge in [-0.15, -0.1) is 0 Å². The Balaban J connectivity index is 2.14. The van der Waals surface area contributed by atoms with Crippen LogP contribution >= 0.6 is 0 Å². The van der Waals surface area contributed by atoms with Gasteiger partial charge in [0.05, 0.1) is 17.9 Å². The summed E-state index contributed by atoms with van der Waals surface area (Å²) in [6, 6.07) is 4.84. The first kappa shape index (κ1) is 15.4. The van der Waals surface area contributed by atoms with Crippen molar-refractivity contribution < 1.29 is 17.9 Å². The first-order valence-electron chi connectivity index (χ1n) is 6.37. The van der Waals surface area contributed by atoms with Crippen molar-refractivity contribution in [1.29, 1.82) is 0 Å². The third-order valence-corrected chi connectivity index (χ3v) is 2.90. The van der Waals surface area contributed by atoms with E-state index in [0.29, 0.717) is 24.8 Å². The molecule has 0 saturated heterocycles. The van der Waals surface area contributed by atoms with Crippen LogP contribution in [-0.4, -0.2) is 23.3 Å². The van der Waals surface area contributed by atoms with Crippen LogP contribution < -0.4 is 5.32 Å². The number of aromatic nitrogens is 2. The monoisotopic (exact) mass is 299 g/mol. The third kappa shape index (κ3) is 3.98. The van der Waals surface area contributed by atoms with Crippen LogP contribution in [0.2, 0.25) is 0 Å². The maximum Gasteiger partial charge on any atom is 0.416 e. The molecule has 0 spiro atoms. The van der Waals surface area contributed by atoms with Crippen molar-refractivity contribution in [2.24, 2.45) is 0 Å². The molecule has 2 aromatic rings. The number of alkyl halides is 3. The second kappa shape index (κ2) is 6.17. The minimum atomic E-state index is -4.33. The minimum absolute atomic E-state index is 0.525. The highest BCUT2D eigenvalue weighted by Gasteiger charge is 2.29. The van der Waals surface area contributed by atoms with E-state index >= 15 is 0 Å². The topological polar surface area (TPSA) is 39.1 Å². The Morgan fingerprint density at radius 2 is 1.90 bits per heavy atom. The third-order valence-electron chi connectivity index (χ3n) is 2.90. The van der Waals surface area contributed by atoms with E-state index < -0.39 is 11.7 Å². The molecule has 2 rings (SSSR count). The minimum Gasteiger partial charge on any atom is -0.383 e. The van der Waals surface area contributed by atoms with Gasteiger partial charge in [0.15, 0.2) is 0 Å². The van der Waals surface area contributed by atoms with Gasteiger partial charge in [-0.3, -0.25) is 0 Å². The van der Waals surface area contributed by atoms with E-state index in [9.17, 15) is 13.2 Å². The lowest BCUT2D eigenvalue weighted by molar-refractivity contribution is -0.137. The number of hydrogen-bond acceptors (Lipinski definition) is 3. The van der Waals surface area contributed by atoms with Gasteiger partial charge in [-0.1, -0.05) is 0 Å². The van der Waals surface area contributed by atoms with Crippen LogP contribution in [0.25, 0.3) is 0 Å². The summed E-state index contributed by atoms with van der Waals surface area (Å²) >= 11 is 0. The molecule has 1 aromatic carbocycles. The Hall–Kier alpha value is -2.02. The van der Waals surface area contributed by atoms with Gasteiger partial charge in [-0.2, -0.15) is 13.2 Å². The van der Waals surface area contributed by atoms with Gasteiger partial charge in [0, 0.05) is 25.5 Å². The zero-order chi connectivity index (χ0) is 15.5. The molecule has 1 N–H and O–H groups in total. The van der Waals surface area contributed by atoms with Gasteiger partial charge in [-0.25, -0.2) is 4.98 Å². The summed E-state index contributed by atoms with van der Waals surface area (Å²) < 4.78 is 44.4. The fraction of sp³-hybridized carbons (Fsp3) is 0.357. The number of anilines is 2.